The number of sulfonamides is 1. The molecule has 9 heteroatoms. The quantitative estimate of drug-likeness (QED) is 0.739. The second-order valence-electron chi connectivity index (χ2n) is 5.90. The molecule has 0 aliphatic heterocycles. The van der Waals surface area contributed by atoms with Crippen LogP contribution in [0.25, 0.3) is 0 Å². The summed E-state index contributed by atoms with van der Waals surface area (Å²) < 4.78 is 30.0. The first-order valence-electron chi connectivity index (χ1n) is 7.87. The molecular formula is C18H19ClN2O5S. The molecule has 0 radical (unpaired) electrons. The monoisotopic (exact) mass is 410 g/mol. The van der Waals surface area contributed by atoms with Crippen molar-refractivity contribution < 1.29 is 22.7 Å². The van der Waals surface area contributed by atoms with Crippen molar-refractivity contribution in [3.8, 4) is 0 Å². The molecule has 2 aromatic rings. The number of anilines is 1. The Hall–Kier alpha value is -2.42. The smallest absolute Gasteiger partial charge is 0.338 e. The summed E-state index contributed by atoms with van der Waals surface area (Å²) in [6.45, 7) is 1.31. The lowest BCUT2D eigenvalue weighted by molar-refractivity contribution is -0.119. The molecule has 0 aliphatic carbocycles. The molecule has 1 N–H and O–H groups in total. The fourth-order valence-electron chi connectivity index (χ4n) is 2.14. The van der Waals surface area contributed by atoms with Crippen molar-refractivity contribution in [3.63, 3.8) is 0 Å². The molecule has 0 atom stereocenters. The van der Waals surface area contributed by atoms with Gasteiger partial charge in [-0.1, -0.05) is 11.6 Å². The van der Waals surface area contributed by atoms with Gasteiger partial charge in [-0.2, -0.15) is 0 Å². The van der Waals surface area contributed by atoms with Crippen LogP contribution in [0.1, 0.15) is 15.9 Å². The van der Waals surface area contributed by atoms with Gasteiger partial charge in [-0.25, -0.2) is 17.5 Å². The van der Waals surface area contributed by atoms with E-state index in [1.165, 1.54) is 38.4 Å². The predicted octanol–water partition coefficient (Wildman–Crippen LogP) is 2.69. The van der Waals surface area contributed by atoms with Crippen molar-refractivity contribution in [2.45, 2.75) is 11.8 Å². The summed E-state index contributed by atoms with van der Waals surface area (Å²) >= 11 is 5.86. The van der Waals surface area contributed by atoms with Crippen LogP contribution in [0.3, 0.4) is 0 Å². The minimum absolute atomic E-state index is 0.0556. The molecule has 2 rings (SSSR count). The third-order valence-corrected chi connectivity index (χ3v) is 5.73. The lowest BCUT2D eigenvalue weighted by Crippen LogP contribution is -2.22. The fraction of sp³-hybridized carbons (Fsp3) is 0.222. The topological polar surface area (TPSA) is 92.8 Å². The molecule has 0 saturated heterocycles. The van der Waals surface area contributed by atoms with E-state index in [-0.39, 0.29) is 10.5 Å². The molecule has 0 heterocycles. The number of carbonyl (C=O) groups is 2. The highest BCUT2D eigenvalue weighted by Gasteiger charge is 2.18. The Bertz CT molecular complexity index is 956. The van der Waals surface area contributed by atoms with Crippen LogP contribution in [0.5, 0.6) is 0 Å². The Kier molecular flexibility index (Phi) is 6.59. The van der Waals surface area contributed by atoms with Crippen molar-refractivity contribution in [1.29, 1.82) is 0 Å². The fourth-order valence-corrected chi connectivity index (χ4v) is 3.27. The van der Waals surface area contributed by atoms with Crippen molar-refractivity contribution in [1.82, 2.24) is 4.31 Å². The number of ether oxygens (including phenoxy) is 1. The molecule has 0 saturated carbocycles. The number of esters is 1. The third kappa shape index (κ3) is 5.29. The zero-order chi connectivity index (χ0) is 20.2. The van der Waals surface area contributed by atoms with E-state index in [1.54, 1.807) is 25.1 Å². The summed E-state index contributed by atoms with van der Waals surface area (Å²) in [6.07, 6.45) is 0. The Morgan fingerprint density at radius 2 is 1.74 bits per heavy atom. The van der Waals surface area contributed by atoms with E-state index in [0.717, 1.165) is 9.87 Å². The highest BCUT2D eigenvalue weighted by molar-refractivity contribution is 7.89. The van der Waals surface area contributed by atoms with Crippen LogP contribution in [0.4, 0.5) is 5.69 Å². The van der Waals surface area contributed by atoms with E-state index < -0.39 is 28.5 Å². The Labute approximate surface area is 162 Å². The van der Waals surface area contributed by atoms with Crippen LogP contribution in [0.15, 0.2) is 47.4 Å². The number of hydrogen-bond acceptors (Lipinski definition) is 5. The van der Waals surface area contributed by atoms with Crippen LogP contribution in [-0.2, 0) is 19.6 Å². The normalized spacial score (nSPS) is 11.3. The molecule has 0 aromatic heterocycles. The zero-order valence-electron chi connectivity index (χ0n) is 15.0. The van der Waals surface area contributed by atoms with Crippen molar-refractivity contribution in [2.75, 3.05) is 26.0 Å². The number of hydrogen-bond donors (Lipinski definition) is 1. The molecule has 0 spiro atoms. The van der Waals surface area contributed by atoms with Gasteiger partial charge < -0.3 is 10.1 Å². The van der Waals surface area contributed by atoms with Gasteiger partial charge in [0.25, 0.3) is 5.91 Å². The van der Waals surface area contributed by atoms with Gasteiger partial charge in [0, 0.05) is 24.8 Å². The maximum Gasteiger partial charge on any atom is 0.338 e. The van der Waals surface area contributed by atoms with E-state index in [9.17, 15) is 18.0 Å². The summed E-state index contributed by atoms with van der Waals surface area (Å²) in [4.78, 5) is 24.0. The molecule has 0 aliphatic rings. The molecular weight excluding hydrogens is 392 g/mol. The summed E-state index contributed by atoms with van der Waals surface area (Å²) in [7, 11) is -0.749. The van der Waals surface area contributed by atoms with Gasteiger partial charge >= 0.3 is 5.97 Å². The number of carbonyl (C=O) groups excluding carboxylic acids is 2. The molecule has 1 amide bonds. The minimum atomic E-state index is -3.58. The Morgan fingerprint density at radius 1 is 1.11 bits per heavy atom. The molecule has 2 aromatic carbocycles. The van der Waals surface area contributed by atoms with E-state index in [2.05, 4.69) is 5.32 Å². The first-order valence-corrected chi connectivity index (χ1v) is 9.69. The Morgan fingerprint density at radius 3 is 2.30 bits per heavy atom. The maximum atomic E-state index is 12.0. The van der Waals surface area contributed by atoms with Gasteiger partial charge in [-0.3, -0.25) is 4.79 Å². The van der Waals surface area contributed by atoms with Crippen molar-refractivity contribution in [2.24, 2.45) is 0 Å². The average molecular weight is 411 g/mol. The van der Waals surface area contributed by atoms with Gasteiger partial charge in [0.05, 0.1) is 10.5 Å². The lowest BCUT2D eigenvalue weighted by atomic mass is 10.2. The van der Waals surface area contributed by atoms with Gasteiger partial charge in [0.1, 0.15) is 0 Å². The summed E-state index contributed by atoms with van der Waals surface area (Å²) in [5.74, 6) is -1.23. The SMILES string of the molecule is Cc1cc(Cl)ccc1NC(=O)COC(=O)c1ccc(S(=O)(=O)N(C)C)cc1. The standard InChI is InChI=1S/C18H19ClN2O5S/c1-12-10-14(19)6-9-16(12)20-17(22)11-26-18(23)13-4-7-15(8-5-13)27(24,25)21(2)3/h4-10H,11H2,1-3H3,(H,20,22). The van der Waals surface area contributed by atoms with E-state index >= 15 is 0 Å². The lowest BCUT2D eigenvalue weighted by Gasteiger charge is -2.12. The van der Waals surface area contributed by atoms with Gasteiger partial charge in [-0.05, 0) is 55.0 Å². The van der Waals surface area contributed by atoms with Crippen LogP contribution in [0, 0.1) is 6.92 Å². The number of halogens is 1. The number of benzene rings is 2. The van der Waals surface area contributed by atoms with E-state index in [4.69, 9.17) is 16.3 Å². The maximum absolute atomic E-state index is 12.0. The van der Waals surface area contributed by atoms with Crippen LogP contribution >= 0.6 is 11.6 Å². The molecule has 144 valence electrons. The van der Waals surface area contributed by atoms with Crippen molar-refractivity contribution in [3.05, 3.63) is 58.6 Å². The Balaban J connectivity index is 1.96. The van der Waals surface area contributed by atoms with Gasteiger partial charge in [0.2, 0.25) is 10.0 Å². The van der Waals surface area contributed by atoms with Crippen molar-refractivity contribution >= 4 is 39.2 Å². The highest BCUT2D eigenvalue weighted by Crippen LogP contribution is 2.19. The summed E-state index contributed by atoms with van der Waals surface area (Å²) in [5, 5.41) is 3.18. The second kappa shape index (κ2) is 8.51. The zero-order valence-corrected chi connectivity index (χ0v) is 16.6. The first kappa shape index (κ1) is 20.9. The average Bonchev–Trinajstić information content (AvgIpc) is 2.62. The molecule has 0 unspecified atom stereocenters. The first-order chi connectivity index (χ1) is 12.6. The highest BCUT2D eigenvalue weighted by atomic mass is 35.5. The molecule has 27 heavy (non-hydrogen) atoms. The van der Waals surface area contributed by atoms with Gasteiger partial charge in [0.15, 0.2) is 6.61 Å². The van der Waals surface area contributed by atoms with Crippen LogP contribution in [-0.4, -0.2) is 45.3 Å². The number of nitrogens with zero attached hydrogens (tertiary/aromatic N) is 1. The minimum Gasteiger partial charge on any atom is -0.452 e. The molecule has 7 nitrogen and oxygen atoms in total. The molecule has 0 fully saturated rings. The van der Waals surface area contributed by atoms with E-state index in [1.807, 2.05) is 0 Å². The predicted molar refractivity (Wildman–Crippen MR) is 102 cm³/mol. The number of rotatable bonds is 6. The third-order valence-electron chi connectivity index (χ3n) is 3.67. The number of nitrogens with one attached hydrogen (secondary N) is 1. The second-order valence-corrected chi connectivity index (χ2v) is 8.48. The summed E-state index contributed by atoms with van der Waals surface area (Å²) in [5.41, 5.74) is 1.49. The largest absolute Gasteiger partial charge is 0.452 e. The summed E-state index contributed by atoms with van der Waals surface area (Å²) in [6, 6.07) is 10.3. The van der Waals surface area contributed by atoms with E-state index in [0.29, 0.717) is 10.7 Å². The number of aryl methyl sites for hydroxylation is 1. The van der Waals surface area contributed by atoms with Gasteiger partial charge in [-0.15, -0.1) is 0 Å². The molecule has 0 bridgehead atoms. The van der Waals surface area contributed by atoms with Crippen LogP contribution in [0.2, 0.25) is 5.02 Å². The number of amides is 1. The van der Waals surface area contributed by atoms with Crippen LogP contribution < -0.4 is 5.32 Å².